The molecule has 144 valence electrons. The summed E-state index contributed by atoms with van der Waals surface area (Å²) in [4.78, 5) is 26.7. The Morgan fingerprint density at radius 2 is 2.21 bits per heavy atom. The largest absolute Gasteiger partial charge is 0.450 e. The van der Waals surface area contributed by atoms with Gasteiger partial charge >= 0.3 is 6.09 Å². The second kappa shape index (κ2) is 8.91. The van der Waals surface area contributed by atoms with E-state index in [9.17, 15) is 14.9 Å². The number of anilines is 1. The van der Waals surface area contributed by atoms with Gasteiger partial charge in [-0.3, -0.25) is 4.79 Å². The Morgan fingerprint density at radius 3 is 2.93 bits per heavy atom. The minimum absolute atomic E-state index is 0.315. The number of carbonyl (C=O) groups excluding carboxylic acids is 2. The molecule has 2 aromatic rings. The van der Waals surface area contributed by atoms with E-state index >= 15 is 0 Å². The highest BCUT2D eigenvalue weighted by Gasteiger charge is 2.27. The summed E-state index contributed by atoms with van der Waals surface area (Å²) in [6.07, 6.45) is 3.19. The van der Waals surface area contributed by atoms with Crippen LogP contribution in [0.1, 0.15) is 28.5 Å². The summed E-state index contributed by atoms with van der Waals surface area (Å²) >= 11 is 7.39. The minimum atomic E-state index is -0.367. The fourth-order valence-corrected chi connectivity index (χ4v) is 4.33. The maximum Gasteiger partial charge on any atom is 0.410 e. The van der Waals surface area contributed by atoms with E-state index in [1.807, 2.05) is 12.1 Å². The first-order valence-electron chi connectivity index (χ1n) is 8.73. The summed E-state index contributed by atoms with van der Waals surface area (Å²) in [6.45, 7) is 2.93. The Bertz CT molecular complexity index is 978. The quantitative estimate of drug-likeness (QED) is 0.748. The van der Waals surface area contributed by atoms with Crippen LogP contribution in [0.25, 0.3) is 6.08 Å². The first-order chi connectivity index (χ1) is 13.5. The molecule has 1 aliphatic rings. The van der Waals surface area contributed by atoms with Gasteiger partial charge in [0.15, 0.2) is 0 Å². The molecule has 0 bridgehead atoms. The van der Waals surface area contributed by atoms with Gasteiger partial charge in [-0.1, -0.05) is 29.8 Å². The number of hydrogen-bond acceptors (Lipinski definition) is 5. The molecular formula is C20H18ClN3O3S. The van der Waals surface area contributed by atoms with Gasteiger partial charge in [-0.05, 0) is 36.6 Å². The molecule has 28 heavy (non-hydrogen) atoms. The van der Waals surface area contributed by atoms with E-state index in [0.717, 1.165) is 16.0 Å². The van der Waals surface area contributed by atoms with E-state index in [1.165, 1.54) is 17.4 Å². The monoisotopic (exact) mass is 415 g/mol. The SMILES string of the molecule is CCOC(=O)N1CCc2c(sc(NC(=O)C=Cc3ccccc3Cl)c2C#N)C1. The van der Waals surface area contributed by atoms with Crippen molar-refractivity contribution in [3.63, 3.8) is 0 Å². The van der Waals surface area contributed by atoms with Crippen LogP contribution in [0.15, 0.2) is 30.3 Å². The highest BCUT2D eigenvalue weighted by atomic mass is 35.5. The summed E-state index contributed by atoms with van der Waals surface area (Å²) in [5.74, 6) is -0.350. The summed E-state index contributed by atoms with van der Waals surface area (Å²) < 4.78 is 5.04. The topological polar surface area (TPSA) is 82.4 Å². The zero-order valence-electron chi connectivity index (χ0n) is 15.2. The molecular weight excluding hydrogens is 398 g/mol. The minimum Gasteiger partial charge on any atom is -0.450 e. The van der Waals surface area contributed by atoms with E-state index in [-0.39, 0.29) is 12.0 Å². The van der Waals surface area contributed by atoms with E-state index in [1.54, 1.807) is 30.0 Å². The van der Waals surface area contributed by atoms with Gasteiger partial charge in [-0.25, -0.2) is 4.79 Å². The van der Waals surface area contributed by atoms with Crippen molar-refractivity contribution < 1.29 is 14.3 Å². The number of nitriles is 1. The van der Waals surface area contributed by atoms with Crippen LogP contribution in [-0.4, -0.2) is 30.1 Å². The lowest BCUT2D eigenvalue weighted by Crippen LogP contribution is -2.35. The van der Waals surface area contributed by atoms with Crippen molar-refractivity contribution in [1.82, 2.24) is 4.90 Å². The second-order valence-corrected chi connectivity index (χ2v) is 7.55. The third-order valence-corrected chi connectivity index (χ3v) is 5.73. The Morgan fingerprint density at radius 1 is 1.43 bits per heavy atom. The molecule has 6 nitrogen and oxygen atoms in total. The summed E-state index contributed by atoms with van der Waals surface area (Å²) in [5.41, 5.74) is 2.08. The number of ether oxygens (including phenoxy) is 1. The molecule has 1 N–H and O–H groups in total. The molecule has 1 aromatic carbocycles. The molecule has 0 saturated carbocycles. The van der Waals surface area contributed by atoms with Crippen LogP contribution in [0.4, 0.5) is 9.80 Å². The smallest absolute Gasteiger partial charge is 0.410 e. The summed E-state index contributed by atoms with van der Waals surface area (Å²) in [5, 5.41) is 13.4. The Labute approximate surface area is 172 Å². The van der Waals surface area contributed by atoms with Gasteiger partial charge in [-0.2, -0.15) is 5.26 Å². The van der Waals surface area contributed by atoms with Gasteiger partial charge in [0.2, 0.25) is 5.91 Å². The number of halogens is 1. The molecule has 0 fully saturated rings. The molecule has 8 heteroatoms. The average Bonchev–Trinajstić information content (AvgIpc) is 3.03. The predicted octanol–water partition coefficient (Wildman–Crippen LogP) is 4.44. The van der Waals surface area contributed by atoms with Gasteiger partial charge in [0.05, 0.1) is 18.7 Å². The molecule has 0 aliphatic carbocycles. The molecule has 1 aromatic heterocycles. The maximum absolute atomic E-state index is 12.3. The van der Waals surface area contributed by atoms with Crippen molar-refractivity contribution in [3.05, 3.63) is 56.9 Å². The molecule has 0 unspecified atom stereocenters. The number of thiophene rings is 1. The van der Waals surface area contributed by atoms with Crippen LogP contribution >= 0.6 is 22.9 Å². The Kier molecular flexibility index (Phi) is 6.34. The third kappa shape index (κ3) is 4.35. The van der Waals surface area contributed by atoms with Crippen LogP contribution in [-0.2, 0) is 22.5 Å². The number of amides is 2. The van der Waals surface area contributed by atoms with Gasteiger partial charge in [0.1, 0.15) is 11.1 Å². The number of nitrogens with one attached hydrogen (secondary N) is 1. The highest BCUT2D eigenvalue weighted by Crippen LogP contribution is 2.36. The summed E-state index contributed by atoms with van der Waals surface area (Å²) in [7, 11) is 0. The predicted molar refractivity (Wildman–Crippen MR) is 109 cm³/mol. The van der Waals surface area contributed by atoms with Crippen LogP contribution in [0.3, 0.4) is 0 Å². The van der Waals surface area contributed by atoms with Crippen molar-refractivity contribution in [2.24, 2.45) is 0 Å². The van der Waals surface area contributed by atoms with Gasteiger partial charge < -0.3 is 15.0 Å². The van der Waals surface area contributed by atoms with Gasteiger partial charge in [0.25, 0.3) is 0 Å². The van der Waals surface area contributed by atoms with E-state index in [0.29, 0.717) is 41.7 Å². The molecule has 0 radical (unpaired) electrons. The Balaban J connectivity index is 1.75. The van der Waals surface area contributed by atoms with Crippen molar-refractivity contribution in [3.8, 4) is 6.07 Å². The highest BCUT2D eigenvalue weighted by molar-refractivity contribution is 7.16. The zero-order chi connectivity index (χ0) is 20.1. The lowest BCUT2D eigenvalue weighted by molar-refractivity contribution is -0.111. The normalized spacial score (nSPS) is 13.1. The van der Waals surface area contributed by atoms with Gasteiger partial charge in [0, 0.05) is 22.5 Å². The van der Waals surface area contributed by atoms with Crippen LogP contribution in [0.5, 0.6) is 0 Å². The van der Waals surface area contributed by atoms with Crippen LogP contribution in [0.2, 0.25) is 5.02 Å². The van der Waals surface area contributed by atoms with E-state index < -0.39 is 0 Å². The van der Waals surface area contributed by atoms with Crippen molar-refractivity contribution in [2.45, 2.75) is 19.9 Å². The fourth-order valence-electron chi connectivity index (χ4n) is 2.91. The number of nitrogens with zero attached hydrogens (tertiary/aromatic N) is 2. The first kappa shape index (κ1) is 19.9. The molecule has 0 atom stereocenters. The van der Waals surface area contributed by atoms with E-state index in [4.69, 9.17) is 16.3 Å². The van der Waals surface area contributed by atoms with E-state index in [2.05, 4.69) is 11.4 Å². The number of rotatable bonds is 4. The first-order valence-corrected chi connectivity index (χ1v) is 9.92. The van der Waals surface area contributed by atoms with Crippen molar-refractivity contribution in [1.29, 1.82) is 5.26 Å². The van der Waals surface area contributed by atoms with Crippen molar-refractivity contribution in [2.75, 3.05) is 18.5 Å². The molecule has 2 amide bonds. The Hall–Kier alpha value is -2.82. The number of fused-ring (bicyclic) bond motifs is 1. The lowest BCUT2D eigenvalue weighted by atomic mass is 10.0. The molecule has 0 spiro atoms. The third-order valence-electron chi connectivity index (χ3n) is 4.25. The second-order valence-electron chi connectivity index (χ2n) is 6.03. The molecule has 3 rings (SSSR count). The van der Waals surface area contributed by atoms with Crippen molar-refractivity contribution >= 4 is 46.0 Å². The fraction of sp³-hybridized carbons (Fsp3) is 0.250. The molecule has 0 saturated heterocycles. The lowest BCUT2D eigenvalue weighted by Gasteiger charge is -2.25. The number of hydrogen-bond donors (Lipinski definition) is 1. The molecule has 2 heterocycles. The average molecular weight is 416 g/mol. The summed E-state index contributed by atoms with van der Waals surface area (Å²) in [6, 6.07) is 9.38. The number of benzene rings is 1. The zero-order valence-corrected chi connectivity index (χ0v) is 16.8. The maximum atomic E-state index is 12.3. The number of carbonyl (C=O) groups is 2. The van der Waals surface area contributed by atoms with Crippen LogP contribution < -0.4 is 5.32 Å². The van der Waals surface area contributed by atoms with Gasteiger partial charge in [-0.15, -0.1) is 11.3 Å². The standard InChI is InChI=1S/C20H18ClN3O3S/c1-2-27-20(26)24-10-9-14-15(11-22)19(28-17(14)12-24)23-18(25)8-7-13-5-3-4-6-16(13)21/h3-8H,2,9-10,12H2,1H3,(H,23,25). The molecule has 1 aliphatic heterocycles. The van der Waals surface area contributed by atoms with Crippen LogP contribution in [0, 0.1) is 11.3 Å².